The molecule has 0 aromatic heterocycles. The van der Waals surface area contributed by atoms with E-state index in [1.54, 1.807) is 0 Å². The monoisotopic (exact) mass is 340 g/mol. The van der Waals surface area contributed by atoms with Gasteiger partial charge in [0, 0.05) is 39.3 Å². The highest BCUT2D eigenvalue weighted by Crippen LogP contribution is 2.30. The van der Waals surface area contributed by atoms with Crippen molar-refractivity contribution in [2.24, 2.45) is 17.8 Å². The molecule has 3 rings (SSSR count). The van der Waals surface area contributed by atoms with Gasteiger partial charge in [0.1, 0.15) is 0 Å². The molecule has 3 heterocycles. The number of piperidine rings is 1. The van der Waals surface area contributed by atoms with Crippen molar-refractivity contribution in [1.29, 1.82) is 5.26 Å². The second kappa shape index (κ2) is 6.38. The first-order valence-corrected chi connectivity index (χ1v) is 9.77. The lowest BCUT2D eigenvalue weighted by Gasteiger charge is -2.42. The molecule has 3 aliphatic rings. The van der Waals surface area contributed by atoms with E-state index in [9.17, 15) is 13.2 Å². The van der Waals surface area contributed by atoms with Crippen molar-refractivity contribution in [2.45, 2.75) is 26.2 Å². The highest BCUT2D eigenvalue weighted by atomic mass is 32.2. The van der Waals surface area contributed by atoms with Crippen molar-refractivity contribution in [3.8, 4) is 6.07 Å². The number of rotatable bonds is 3. The van der Waals surface area contributed by atoms with E-state index in [1.165, 1.54) is 8.61 Å². The van der Waals surface area contributed by atoms with Crippen LogP contribution in [0.3, 0.4) is 0 Å². The average molecular weight is 340 g/mol. The maximum Gasteiger partial charge on any atom is 0.282 e. The summed E-state index contributed by atoms with van der Waals surface area (Å²) in [6, 6.07) is 2.09. The summed E-state index contributed by atoms with van der Waals surface area (Å²) in [6.45, 7) is 4.91. The normalized spacial score (nSPS) is 30.9. The summed E-state index contributed by atoms with van der Waals surface area (Å²) in [5.74, 6) is -0.133. The van der Waals surface area contributed by atoms with Gasteiger partial charge in [0.05, 0.1) is 17.9 Å². The molecule has 0 aromatic carbocycles. The third kappa shape index (κ3) is 3.10. The van der Waals surface area contributed by atoms with Gasteiger partial charge in [-0.05, 0) is 25.2 Å². The van der Waals surface area contributed by atoms with Crippen LogP contribution >= 0.6 is 0 Å². The van der Waals surface area contributed by atoms with E-state index >= 15 is 0 Å². The molecule has 23 heavy (non-hydrogen) atoms. The molecule has 3 aliphatic heterocycles. The van der Waals surface area contributed by atoms with Crippen molar-refractivity contribution < 1.29 is 13.2 Å². The number of nitrogens with zero attached hydrogens (tertiary/aromatic N) is 4. The lowest BCUT2D eigenvalue weighted by Crippen LogP contribution is -2.58. The van der Waals surface area contributed by atoms with Gasteiger partial charge in [-0.3, -0.25) is 4.79 Å². The first-order valence-electron chi connectivity index (χ1n) is 8.37. The number of carbonyl (C=O) groups excluding carboxylic acids is 1. The Labute approximate surface area is 138 Å². The second-order valence-corrected chi connectivity index (χ2v) is 8.84. The molecule has 1 amide bonds. The summed E-state index contributed by atoms with van der Waals surface area (Å²) >= 11 is 0. The Morgan fingerprint density at radius 1 is 1.09 bits per heavy atom. The maximum absolute atomic E-state index is 12.7. The molecule has 0 spiro atoms. The molecule has 0 N–H and O–H groups in total. The van der Waals surface area contributed by atoms with Crippen LogP contribution in [0.15, 0.2) is 0 Å². The van der Waals surface area contributed by atoms with Crippen molar-refractivity contribution in [3.05, 3.63) is 0 Å². The smallest absolute Gasteiger partial charge is 0.282 e. The van der Waals surface area contributed by atoms with Crippen molar-refractivity contribution >= 4 is 16.1 Å². The Bertz CT molecular complexity index is 603. The average Bonchev–Trinajstić information content (AvgIpc) is 2.99. The fourth-order valence-electron chi connectivity index (χ4n) is 3.61. The van der Waals surface area contributed by atoms with Crippen LogP contribution in [0.1, 0.15) is 26.2 Å². The van der Waals surface area contributed by atoms with Crippen LogP contribution in [0.4, 0.5) is 0 Å². The highest BCUT2D eigenvalue weighted by Gasteiger charge is 2.44. The van der Waals surface area contributed by atoms with Gasteiger partial charge in [-0.25, -0.2) is 0 Å². The molecule has 0 bridgehead atoms. The van der Waals surface area contributed by atoms with Gasteiger partial charge in [-0.2, -0.15) is 22.3 Å². The minimum atomic E-state index is -3.54. The summed E-state index contributed by atoms with van der Waals surface area (Å²) in [6.07, 6.45) is 2.79. The molecule has 2 atom stereocenters. The molecular formula is C15H24N4O3S. The van der Waals surface area contributed by atoms with E-state index < -0.39 is 10.2 Å². The topological polar surface area (TPSA) is 84.7 Å². The molecule has 8 heteroatoms. The number of hydrogen-bond donors (Lipinski definition) is 0. The summed E-state index contributed by atoms with van der Waals surface area (Å²) in [4.78, 5) is 14.6. The number of nitriles is 1. The zero-order chi connectivity index (χ0) is 16.6. The van der Waals surface area contributed by atoms with Crippen LogP contribution < -0.4 is 0 Å². The van der Waals surface area contributed by atoms with Crippen LogP contribution in [0, 0.1) is 29.1 Å². The van der Waals surface area contributed by atoms with Crippen LogP contribution in [0.2, 0.25) is 0 Å². The van der Waals surface area contributed by atoms with E-state index in [-0.39, 0.29) is 43.3 Å². The molecule has 7 nitrogen and oxygen atoms in total. The van der Waals surface area contributed by atoms with E-state index in [1.807, 2.05) is 11.8 Å². The Morgan fingerprint density at radius 3 is 2.35 bits per heavy atom. The standard InChI is InChI=1S/C15H24N4O3S/c1-12-4-7-18(23(21,22)19-9-13(8-16)10-19)11-14(12)15(20)17-5-2-3-6-17/h12-14H,2-7,9-11H2,1H3. The molecular weight excluding hydrogens is 316 g/mol. The molecule has 3 fully saturated rings. The summed E-state index contributed by atoms with van der Waals surface area (Å²) in [7, 11) is -3.54. The molecule has 0 radical (unpaired) electrons. The number of carbonyl (C=O) groups is 1. The highest BCUT2D eigenvalue weighted by molar-refractivity contribution is 7.86. The third-order valence-electron chi connectivity index (χ3n) is 5.34. The first-order chi connectivity index (χ1) is 10.9. The zero-order valence-corrected chi connectivity index (χ0v) is 14.3. The molecule has 0 saturated carbocycles. The van der Waals surface area contributed by atoms with Gasteiger partial charge in [0.2, 0.25) is 5.91 Å². The first kappa shape index (κ1) is 16.7. The third-order valence-corrected chi connectivity index (χ3v) is 7.27. The predicted molar refractivity (Wildman–Crippen MR) is 84.3 cm³/mol. The minimum absolute atomic E-state index is 0.105. The summed E-state index contributed by atoms with van der Waals surface area (Å²) < 4.78 is 28.1. The van der Waals surface area contributed by atoms with Crippen LogP contribution in [-0.4, -0.2) is 67.1 Å². The summed E-state index contributed by atoms with van der Waals surface area (Å²) in [5.41, 5.74) is 0. The van der Waals surface area contributed by atoms with Crippen LogP contribution in [0.25, 0.3) is 0 Å². The number of likely N-dealkylation sites (tertiary alicyclic amines) is 1. The Morgan fingerprint density at radius 2 is 1.74 bits per heavy atom. The van der Waals surface area contributed by atoms with E-state index in [0.29, 0.717) is 13.0 Å². The van der Waals surface area contributed by atoms with Gasteiger partial charge in [-0.1, -0.05) is 6.92 Å². The van der Waals surface area contributed by atoms with E-state index in [0.717, 1.165) is 25.9 Å². The Balaban J connectivity index is 1.68. The molecule has 2 unspecified atom stereocenters. The SMILES string of the molecule is CC1CCN(S(=O)(=O)N2CC(C#N)C2)CC1C(=O)N1CCCC1. The van der Waals surface area contributed by atoms with Gasteiger partial charge < -0.3 is 4.90 Å². The van der Waals surface area contributed by atoms with Crippen LogP contribution in [-0.2, 0) is 15.0 Å². The van der Waals surface area contributed by atoms with Crippen molar-refractivity contribution in [1.82, 2.24) is 13.5 Å². The van der Waals surface area contributed by atoms with E-state index in [2.05, 4.69) is 6.07 Å². The lowest BCUT2D eigenvalue weighted by atomic mass is 9.87. The molecule has 3 saturated heterocycles. The fraction of sp³-hybridized carbons (Fsp3) is 0.867. The largest absolute Gasteiger partial charge is 0.342 e. The molecule has 0 aromatic rings. The van der Waals surface area contributed by atoms with Crippen LogP contribution in [0.5, 0.6) is 0 Å². The Hall–Kier alpha value is -1.17. The molecule has 128 valence electrons. The fourth-order valence-corrected chi connectivity index (χ4v) is 5.36. The zero-order valence-electron chi connectivity index (χ0n) is 13.5. The van der Waals surface area contributed by atoms with Crippen molar-refractivity contribution in [2.75, 3.05) is 39.3 Å². The predicted octanol–water partition coefficient (Wildman–Crippen LogP) is 0.267. The van der Waals surface area contributed by atoms with Gasteiger partial charge in [-0.15, -0.1) is 0 Å². The molecule has 0 aliphatic carbocycles. The van der Waals surface area contributed by atoms with Gasteiger partial charge in [0.25, 0.3) is 10.2 Å². The van der Waals surface area contributed by atoms with Crippen molar-refractivity contribution in [3.63, 3.8) is 0 Å². The van der Waals surface area contributed by atoms with Gasteiger partial charge >= 0.3 is 0 Å². The van der Waals surface area contributed by atoms with E-state index in [4.69, 9.17) is 5.26 Å². The second-order valence-electron chi connectivity index (χ2n) is 6.91. The summed E-state index contributed by atoms with van der Waals surface area (Å²) in [5, 5.41) is 8.82. The maximum atomic E-state index is 12.7. The van der Waals surface area contributed by atoms with Gasteiger partial charge in [0.15, 0.2) is 0 Å². The number of amides is 1. The quantitative estimate of drug-likeness (QED) is 0.738. The Kier molecular flexibility index (Phi) is 4.63. The minimum Gasteiger partial charge on any atom is -0.342 e. The number of hydrogen-bond acceptors (Lipinski definition) is 4. The lowest BCUT2D eigenvalue weighted by molar-refractivity contribution is -0.137.